The maximum atomic E-state index is 15.9. The lowest BCUT2D eigenvalue weighted by Gasteiger charge is -2.33. The Labute approximate surface area is 318 Å². The molecule has 0 radical (unpaired) electrons. The fourth-order valence-electron chi connectivity index (χ4n) is 7.28. The molecule has 1 unspecified atom stereocenters. The monoisotopic (exact) mass is 763 g/mol. The van der Waals surface area contributed by atoms with Gasteiger partial charge in [-0.15, -0.1) is 0 Å². The van der Waals surface area contributed by atoms with E-state index in [2.05, 4.69) is 23.9 Å². The van der Waals surface area contributed by atoms with Crippen molar-refractivity contribution in [1.82, 2.24) is 29.4 Å². The molecule has 1 atom stereocenters. The Bertz CT molecular complexity index is 2450. The lowest BCUT2D eigenvalue weighted by atomic mass is 9.75. The lowest BCUT2D eigenvalue weighted by Crippen LogP contribution is -2.36. The Balaban J connectivity index is 1.50. The SMILES string of the molecule is [2H]C([2H])([2H])n1nc2nc1-c1cc(ccc1F)Oc1c(F)cc3[nH]ccc3c1CCC(=O)N(C)CC(C)(C)CCCC2(C)c1cccc(CCC(=O)NS(C)(=O)=O)c1. The highest BCUT2D eigenvalue weighted by Crippen LogP contribution is 2.40. The van der Waals surface area contributed by atoms with E-state index < -0.39 is 40.0 Å². The van der Waals surface area contributed by atoms with Crippen LogP contribution in [0.2, 0.25) is 0 Å². The molecule has 11 nitrogen and oxygen atoms in total. The summed E-state index contributed by atoms with van der Waals surface area (Å²) in [6.07, 6.45) is 4.51. The topological polar surface area (TPSA) is 139 Å². The third-order valence-corrected chi connectivity index (χ3v) is 10.7. The Kier molecular flexibility index (Phi) is 9.60. The number of rotatable bonds is 5. The smallest absolute Gasteiger partial charge is 0.233 e. The number of aryl methyl sites for hydroxylation is 3. The number of hydrogen-bond donors (Lipinski definition) is 2. The second kappa shape index (κ2) is 15.0. The quantitative estimate of drug-likeness (QED) is 0.198. The number of hydrogen-bond acceptors (Lipinski definition) is 7. The minimum Gasteiger partial charge on any atom is -0.454 e. The molecule has 14 heteroatoms. The summed E-state index contributed by atoms with van der Waals surface area (Å²) in [5.74, 6) is -2.66. The Hall–Kier alpha value is -5.11. The van der Waals surface area contributed by atoms with Crippen LogP contribution in [0.1, 0.15) is 79.5 Å². The first kappa shape index (κ1) is 34.6. The van der Waals surface area contributed by atoms with Gasteiger partial charge in [-0.25, -0.2) is 26.9 Å². The maximum absolute atomic E-state index is 15.9. The molecule has 5 aromatic rings. The van der Waals surface area contributed by atoms with E-state index in [-0.39, 0.29) is 65.7 Å². The first-order valence-corrected chi connectivity index (χ1v) is 19.6. The number of benzene rings is 3. The Morgan fingerprint density at radius 3 is 2.63 bits per heavy atom. The summed E-state index contributed by atoms with van der Waals surface area (Å²) in [5, 5.41) is 5.20. The van der Waals surface area contributed by atoms with Crippen LogP contribution in [0.5, 0.6) is 11.5 Å². The van der Waals surface area contributed by atoms with Gasteiger partial charge in [0.25, 0.3) is 0 Å². The van der Waals surface area contributed by atoms with Gasteiger partial charge in [0.2, 0.25) is 21.8 Å². The van der Waals surface area contributed by atoms with Crippen LogP contribution >= 0.6 is 0 Å². The van der Waals surface area contributed by atoms with Crippen molar-refractivity contribution >= 4 is 32.7 Å². The molecule has 0 saturated carbocycles. The van der Waals surface area contributed by atoms with Crippen LogP contribution in [0.25, 0.3) is 22.3 Å². The predicted octanol–water partition coefficient (Wildman–Crippen LogP) is 6.95. The minimum atomic E-state index is -3.73. The van der Waals surface area contributed by atoms with Crippen molar-refractivity contribution in [3.63, 3.8) is 0 Å². The zero-order valence-electron chi connectivity index (χ0n) is 33.9. The number of aromatic amines is 1. The van der Waals surface area contributed by atoms with Gasteiger partial charge in [0.15, 0.2) is 23.2 Å². The average Bonchev–Trinajstić information content (AvgIpc) is 3.78. The van der Waals surface area contributed by atoms with Crippen molar-refractivity contribution in [3.8, 4) is 22.9 Å². The van der Waals surface area contributed by atoms with Crippen LogP contribution in [-0.4, -0.2) is 64.7 Å². The summed E-state index contributed by atoms with van der Waals surface area (Å²) >= 11 is 0. The van der Waals surface area contributed by atoms with Gasteiger partial charge < -0.3 is 14.6 Å². The highest BCUT2D eigenvalue weighted by atomic mass is 32.2. The van der Waals surface area contributed by atoms with E-state index >= 15 is 8.78 Å². The van der Waals surface area contributed by atoms with Crippen LogP contribution in [0, 0.1) is 17.0 Å². The van der Waals surface area contributed by atoms with Crippen LogP contribution in [0.15, 0.2) is 60.8 Å². The molecule has 2 aromatic heterocycles. The van der Waals surface area contributed by atoms with Crippen molar-refractivity contribution in [3.05, 3.63) is 94.9 Å². The molecular formula is C40H46F2N6O5S. The van der Waals surface area contributed by atoms with Crippen LogP contribution in [0.3, 0.4) is 0 Å². The van der Waals surface area contributed by atoms with Gasteiger partial charge in [-0.3, -0.25) is 14.3 Å². The number of carbonyl (C=O) groups is 2. The standard InChI is InChI=1S/C40H46F2N6O5S/c1-39(2)18-8-19-40(3,26-10-7-9-25(21-26)11-15-34(49)46-54(6,51)52)38-44-37(48(5)45-38)30-22-27(12-14-31(30)41)53-36-29(13-16-35(50)47(4)24-39)28-17-20-43-33(28)23-32(36)42/h7,9-10,12,14,17,20-23,43H,8,11,13,15-16,18-19,24H2,1-6H3,(H,46,49)/i5D3. The minimum absolute atomic E-state index is 0.00145. The molecule has 286 valence electrons. The number of fused-ring (bicyclic) bond motifs is 8. The lowest BCUT2D eigenvalue weighted by molar-refractivity contribution is -0.131. The largest absolute Gasteiger partial charge is 0.454 e. The van der Waals surface area contributed by atoms with Crippen LogP contribution in [0.4, 0.5) is 8.78 Å². The third-order valence-electron chi connectivity index (χ3n) is 10.1. The molecule has 1 aliphatic rings. The number of halogens is 2. The Morgan fingerprint density at radius 1 is 1.07 bits per heavy atom. The molecule has 54 heavy (non-hydrogen) atoms. The van der Waals surface area contributed by atoms with Crippen molar-refractivity contribution in [2.24, 2.45) is 12.4 Å². The number of ether oxygens (including phenoxy) is 1. The van der Waals surface area contributed by atoms with Crippen LogP contribution in [-0.2, 0) is 44.8 Å². The maximum Gasteiger partial charge on any atom is 0.233 e. The number of carbonyl (C=O) groups excluding carboxylic acids is 2. The summed E-state index contributed by atoms with van der Waals surface area (Å²) in [5.41, 5.74) is 0.682. The molecule has 0 aliphatic carbocycles. The van der Waals surface area contributed by atoms with Gasteiger partial charge in [-0.1, -0.05) is 44.5 Å². The van der Waals surface area contributed by atoms with E-state index in [4.69, 9.17) is 13.8 Å². The van der Waals surface area contributed by atoms with Crippen molar-refractivity contribution in [1.29, 1.82) is 0 Å². The summed E-state index contributed by atoms with van der Waals surface area (Å²) in [6, 6.07) is 13.9. The highest BCUT2D eigenvalue weighted by molar-refractivity contribution is 7.89. The molecule has 0 fully saturated rings. The van der Waals surface area contributed by atoms with E-state index in [0.717, 1.165) is 12.3 Å². The number of nitrogens with one attached hydrogen (secondary N) is 2. The number of H-pyrrole nitrogens is 1. The van der Waals surface area contributed by atoms with Crippen molar-refractivity contribution < 1.29 is 35.6 Å². The van der Waals surface area contributed by atoms with Gasteiger partial charge in [0.1, 0.15) is 11.6 Å². The zero-order chi connectivity index (χ0) is 41.5. The Morgan fingerprint density at radius 2 is 1.87 bits per heavy atom. The number of aromatic nitrogens is 4. The first-order valence-electron chi connectivity index (χ1n) is 19.2. The van der Waals surface area contributed by atoms with Gasteiger partial charge in [-0.2, -0.15) is 5.10 Å². The molecule has 2 N–H and O–H groups in total. The van der Waals surface area contributed by atoms with Gasteiger partial charge in [-0.05, 0) is 73.4 Å². The average molecular weight is 764 g/mol. The van der Waals surface area contributed by atoms with E-state index in [0.29, 0.717) is 58.1 Å². The van der Waals surface area contributed by atoms with Crippen molar-refractivity contribution in [2.45, 2.75) is 71.1 Å². The van der Waals surface area contributed by atoms with E-state index in [1.807, 2.05) is 23.8 Å². The fourth-order valence-corrected chi connectivity index (χ4v) is 7.80. The third kappa shape index (κ3) is 8.48. The molecule has 0 spiro atoms. The highest BCUT2D eigenvalue weighted by Gasteiger charge is 2.36. The molecule has 2 amide bonds. The van der Waals surface area contributed by atoms with E-state index in [1.54, 1.807) is 36.3 Å². The van der Waals surface area contributed by atoms with E-state index in [1.165, 1.54) is 18.2 Å². The number of sulfonamides is 1. The number of amides is 2. The van der Waals surface area contributed by atoms with Crippen LogP contribution < -0.4 is 9.46 Å². The number of nitrogens with zero attached hydrogens (tertiary/aromatic N) is 4. The summed E-state index contributed by atoms with van der Waals surface area (Å²) < 4.78 is 89.0. The predicted molar refractivity (Wildman–Crippen MR) is 203 cm³/mol. The normalized spacial score (nSPS) is 19.4. The molecular weight excluding hydrogens is 715 g/mol. The molecule has 0 saturated heterocycles. The van der Waals surface area contributed by atoms with Gasteiger partial charge in [0.05, 0.1) is 17.2 Å². The van der Waals surface area contributed by atoms with Crippen molar-refractivity contribution in [2.75, 3.05) is 19.8 Å². The summed E-state index contributed by atoms with van der Waals surface area (Å²) in [6.45, 7) is 3.49. The second-order valence-corrected chi connectivity index (χ2v) is 16.9. The zero-order valence-corrected chi connectivity index (χ0v) is 31.7. The molecule has 3 heterocycles. The van der Waals surface area contributed by atoms with E-state index in [9.17, 15) is 18.0 Å². The molecule has 4 bridgehead atoms. The summed E-state index contributed by atoms with van der Waals surface area (Å²) in [7, 11) is -2.00. The fraction of sp³-hybridized carbons (Fsp3) is 0.400. The molecule has 3 aromatic carbocycles. The second-order valence-electron chi connectivity index (χ2n) is 15.1. The first-order chi connectivity index (χ1) is 26.6. The van der Waals surface area contributed by atoms with Gasteiger partial charge in [0, 0.05) is 66.3 Å². The molecule has 1 aliphatic heterocycles. The molecule has 6 rings (SSSR count). The summed E-state index contributed by atoms with van der Waals surface area (Å²) in [4.78, 5) is 35.3. The van der Waals surface area contributed by atoms with Gasteiger partial charge >= 0.3 is 0 Å².